The van der Waals surface area contributed by atoms with Crippen molar-refractivity contribution in [3.8, 4) is 17.0 Å². The Balaban J connectivity index is 2.18. The predicted octanol–water partition coefficient (Wildman–Crippen LogP) is 3.67. The molecule has 1 heterocycles. The molecule has 0 saturated heterocycles. The average molecular weight is 396 g/mol. The van der Waals surface area contributed by atoms with Crippen LogP contribution >= 0.6 is 0 Å². The zero-order valence-electron chi connectivity index (χ0n) is 13.8. The molecule has 0 amide bonds. The SMILES string of the molecule is COCc1nc(NNCC(F)(F)F)cnc1-c1ccc(OC(F)(F)F)cc1. The molecular weight excluding hydrogens is 382 g/mol. The van der Waals surface area contributed by atoms with E-state index in [0.717, 1.165) is 12.1 Å². The lowest BCUT2D eigenvalue weighted by Gasteiger charge is -2.13. The minimum absolute atomic E-state index is 0.0159. The third-order valence-electron chi connectivity index (χ3n) is 2.99. The molecule has 1 aromatic heterocycles. The molecule has 1 aromatic carbocycles. The van der Waals surface area contributed by atoms with Gasteiger partial charge in [-0.3, -0.25) is 4.98 Å². The Morgan fingerprint density at radius 1 is 1.04 bits per heavy atom. The van der Waals surface area contributed by atoms with E-state index in [9.17, 15) is 26.3 Å². The van der Waals surface area contributed by atoms with Gasteiger partial charge in [-0.05, 0) is 24.3 Å². The molecule has 0 radical (unpaired) electrons. The average Bonchev–Trinajstić information content (AvgIpc) is 2.54. The number of rotatable bonds is 7. The molecule has 6 nitrogen and oxygen atoms in total. The van der Waals surface area contributed by atoms with Crippen LogP contribution in [0.15, 0.2) is 30.5 Å². The molecule has 148 valence electrons. The molecule has 0 aliphatic heterocycles. The summed E-state index contributed by atoms with van der Waals surface area (Å²) in [5.74, 6) is -0.380. The van der Waals surface area contributed by atoms with Crippen LogP contribution in [0, 0.1) is 0 Å². The van der Waals surface area contributed by atoms with E-state index in [2.05, 4.69) is 20.1 Å². The zero-order valence-corrected chi connectivity index (χ0v) is 13.8. The van der Waals surface area contributed by atoms with E-state index in [1.165, 1.54) is 25.4 Å². The van der Waals surface area contributed by atoms with E-state index >= 15 is 0 Å². The molecule has 2 aromatic rings. The third-order valence-corrected chi connectivity index (χ3v) is 2.99. The zero-order chi connectivity index (χ0) is 20.1. The van der Waals surface area contributed by atoms with Gasteiger partial charge in [-0.1, -0.05) is 0 Å². The first-order valence-electron chi connectivity index (χ1n) is 7.34. The third kappa shape index (κ3) is 6.90. The van der Waals surface area contributed by atoms with E-state index in [-0.39, 0.29) is 18.1 Å². The number of hydrogen-bond acceptors (Lipinski definition) is 6. The molecule has 2 rings (SSSR count). The molecule has 0 aliphatic rings. The van der Waals surface area contributed by atoms with Gasteiger partial charge in [0.2, 0.25) is 0 Å². The number of benzene rings is 1. The first-order chi connectivity index (χ1) is 12.6. The highest BCUT2D eigenvalue weighted by Crippen LogP contribution is 2.27. The molecule has 2 N–H and O–H groups in total. The maximum absolute atomic E-state index is 12.2. The molecule has 0 spiro atoms. The topological polar surface area (TPSA) is 68.3 Å². The minimum atomic E-state index is -4.81. The Hall–Kier alpha value is -2.60. The fourth-order valence-electron chi connectivity index (χ4n) is 2.02. The number of alkyl halides is 6. The van der Waals surface area contributed by atoms with Crippen molar-refractivity contribution < 1.29 is 35.8 Å². The second-order valence-electron chi connectivity index (χ2n) is 5.15. The number of ether oxygens (including phenoxy) is 2. The Kier molecular flexibility index (Phi) is 6.44. The van der Waals surface area contributed by atoms with Gasteiger partial charge in [-0.25, -0.2) is 10.4 Å². The van der Waals surface area contributed by atoms with Crippen LogP contribution in [0.2, 0.25) is 0 Å². The molecular formula is C15H14F6N4O2. The van der Waals surface area contributed by atoms with Crippen LogP contribution in [0.25, 0.3) is 11.3 Å². The highest BCUT2D eigenvalue weighted by atomic mass is 19.4. The highest BCUT2D eigenvalue weighted by Gasteiger charge is 2.31. The second kappa shape index (κ2) is 8.39. The summed E-state index contributed by atoms with van der Waals surface area (Å²) in [6.45, 7) is -1.30. The Bertz CT molecular complexity index is 749. The standard InChI is InChI=1S/C15H14F6N4O2/c1-26-7-11-13(9-2-4-10(5-3-9)27-15(19,20)21)22-6-12(24-11)25-23-8-14(16,17)18/h2-6,23H,7-8H2,1H3,(H,24,25). The Morgan fingerprint density at radius 3 is 2.26 bits per heavy atom. The number of hydrazine groups is 1. The lowest BCUT2D eigenvalue weighted by molar-refractivity contribution is -0.274. The van der Waals surface area contributed by atoms with Gasteiger partial charge in [0.15, 0.2) is 5.82 Å². The number of methoxy groups -OCH3 is 1. The summed E-state index contributed by atoms with van der Waals surface area (Å²) in [5.41, 5.74) is 5.24. The lowest BCUT2D eigenvalue weighted by atomic mass is 10.1. The first kappa shape index (κ1) is 20.7. The Labute approximate surface area is 149 Å². The van der Waals surface area contributed by atoms with E-state index in [0.29, 0.717) is 11.3 Å². The second-order valence-corrected chi connectivity index (χ2v) is 5.15. The summed E-state index contributed by atoms with van der Waals surface area (Å²) in [6, 6.07) is 4.91. The smallest absolute Gasteiger partial charge is 0.406 e. The van der Waals surface area contributed by atoms with E-state index in [1.54, 1.807) is 0 Å². The normalized spacial score (nSPS) is 12.1. The van der Waals surface area contributed by atoms with Crippen LogP contribution in [0.1, 0.15) is 5.69 Å². The molecule has 0 fully saturated rings. The summed E-state index contributed by atoms with van der Waals surface area (Å²) in [7, 11) is 1.38. The van der Waals surface area contributed by atoms with Crippen LogP contribution in [0.3, 0.4) is 0 Å². The molecule has 0 bridgehead atoms. The minimum Gasteiger partial charge on any atom is -0.406 e. The van der Waals surface area contributed by atoms with Crippen LogP contribution in [0.4, 0.5) is 32.2 Å². The molecule has 0 atom stereocenters. The number of nitrogens with zero attached hydrogens (tertiary/aromatic N) is 2. The fraction of sp³-hybridized carbons (Fsp3) is 0.333. The summed E-state index contributed by atoms with van der Waals surface area (Å²) >= 11 is 0. The van der Waals surface area contributed by atoms with E-state index in [1.807, 2.05) is 5.43 Å². The lowest BCUT2D eigenvalue weighted by Crippen LogP contribution is -2.33. The fourth-order valence-corrected chi connectivity index (χ4v) is 2.02. The van der Waals surface area contributed by atoms with Gasteiger partial charge in [-0.2, -0.15) is 13.2 Å². The van der Waals surface area contributed by atoms with Crippen LogP contribution < -0.4 is 15.6 Å². The predicted molar refractivity (Wildman–Crippen MR) is 82.5 cm³/mol. The highest BCUT2D eigenvalue weighted by molar-refractivity contribution is 5.63. The van der Waals surface area contributed by atoms with Crippen molar-refractivity contribution in [2.75, 3.05) is 19.1 Å². The summed E-state index contributed by atoms with van der Waals surface area (Å²) < 4.78 is 81.8. The van der Waals surface area contributed by atoms with Gasteiger partial charge < -0.3 is 14.9 Å². The monoisotopic (exact) mass is 396 g/mol. The molecule has 12 heteroatoms. The molecule has 27 heavy (non-hydrogen) atoms. The van der Waals surface area contributed by atoms with Crippen LogP contribution in [0.5, 0.6) is 5.75 Å². The van der Waals surface area contributed by atoms with Crippen LogP contribution in [-0.2, 0) is 11.3 Å². The van der Waals surface area contributed by atoms with Crippen molar-refractivity contribution in [2.24, 2.45) is 0 Å². The van der Waals surface area contributed by atoms with E-state index < -0.39 is 24.8 Å². The number of halogens is 6. The molecule has 0 aliphatic carbocycles. The molecule has 0 unspecified atom stereocenters. The van der Waals surface area contributed by atoms with Crippen molar-refractivity contribution in [3.63, 3.8) is 0 Å². The maximum atomic E-state index is 12.2. The van der Waals surface area contributed by atoms with Gasteiger partial charge in [0.05, 0.1) is 24.2 Å². The number of anilines is 1. The maximum Gasteiger partial charge on any atom is 0.573 e. The molecule has 0 saturated carbocycles. The largest absolute Gasteiger partial charge is 0.573 e. The number of nitrogens with one attached hydrogen (secondary N) is 2. The quantitative estimate of drug-likeness (QED) is 0.550. The van der Waals surface area contributed by atoms with Crippen molar-refractivity contribution in [3.05, 3.63) is 36.2 Å². The number of aromatic nitrogens is 2. The van der Waals surface area contributed by atoms with Crippen molar-refractivity contribution in [1.82, 2.24) is 15.4 Å². The van der Waals surface area contributed by atoms with Gasteiger partial charge in [0.25, 0.3) is 0 Å². The van der Waals surface area contributed by atoms with Gasteiger partial charge in [0, 0.05) is 12.7 Å². The van der Waals surface area contributed by atoms with Gasteiger partial charge >= 0.3 is 12.5 Å². The summed E-state index contributed by atoms with van der Waals surface area (Å²) in [6.07, 6.45) is -8.03. The number of hydrogen-bond donors (Lipinski definition) is 2. The van der Waals surface area contributed by atoms with Gasteiger partial charge in [-0.15, -0.1) is 13.2 Å². The Morgan fingerprint density at radius 2 is 1.70 bits per heavy atom. The summed E-state index contributed by atoms with van der Waals surface area (Å²) in [5, 5.41) is 0. The van der Waals surface area contributed by atoms with Crippen LogP contribution in [-0.4, -0.2) is 36.2 Å². The summed E-state index contributed by atoms with van der Waals surface area (Å²) in [4.78, 5) is 8.20. The van der Waals surface area contributed by atoms with Crippen molar-refractivity contribution in [1.29, 1.82) is 0 Å². The van der Waals surface area contributed by atoms with Gasteiger partial charge in [0.1, 0.15) is 12.3 Å². The van der Waals surface area contributed by atoms with Crippen molar-refractivity contribution >= 4 is 5.82 Å². The van der Waals surface area contributed by atoms with E-state index in [4.69, 9.17) is 4.74 Å². The first-order valence-corrected chi connectivity index (χ1v) is 7.34. The van der Waals surface area contributed by atoms with Crippen molar-refractivity contribution in [2.45, 2.75) is 19.1 Å².